The van der Waals surface area contributed by atoms with E-state index in [0.717, 1.165) is 122 Å². The summed E-state index contributed by atoms with van der Waals surface area (Å²) in [6, 6.07) is 68.8. The minimum atomic E-state index is 0.788. The molecule has 0 radical (unpaired) electrons. The third kappa shape index (κ3) is 5.74. The lowest BCUT2D eigenvalue weighted by molar-refractivity contribution is 0.615. The van der Waals surface area contributed by atoms with Crippen LogP contribution in [-0.2, 0) is 0 Å². The van der Waals surface area contributed by atoms with Gasteiger partial charge in [-0.3, -0.25) is 0 Å². The molecule has 0 bridgehead atoms. The molecule has 342 valence electrons. The molecule has 17 aromatic rings. The van der Waals surface area contributed by atoms with Gasteiger partial charge in [0.15, 0.2) is 0 Å². The van der Waals surface area contributed by atoms with E-state index in [1.54, 1.807) is 12.5 Å². The molecule has 0 saturated carbocycles. The van der Waals surface area contributed by atoms with Crippen molar-refractivity contribution in [3.8, 4) is 0 Å². The summed E-state index contributed by atoms with van der Waals surface area (Å²) in [5.41, 5.74) is 12.7. The first kappa shape index (κ1) is 39.4. The van der Waals surface area contributed by atoms with Crippen molar-refractivity contribution in [2.45, 2.75) is 0 Å². The molecule has 73 heavy (non-hydrogen) atoms. The molecule has 0 spiro atoms. The summed E-state index contributed by atoms with van der Waals surface area (Å²) in [5, 5.41) is 12.9. The largest absolute Gasteiger partial charge is 0.464 e. The Morgan fingerprint density at radius 3 is 1.12 bits per heavy atom. The maximum absolute atomic E-state index is 6.84. The summed E-state index contributed by atoms with van der Waals surface area (Å²) >= 11 is 3.64. The zero-order valence-corrected chi connectivity index (χ0v) is 40.0. The molecular weight excluding hydrogens is 941 g/mol. The molecule has 9 heteroatoms. The monoisotopic (exact) mass is 974 g/mol. The maximum Gasteiger partial charge on any atom is 0.137 e. The molecule has 0 atom stereocenters. The normalized spacial score (nSPS) is 12.4. The van der Waals surface area contributed by atoms with E-state index in [0.29, 0.717) is 0 Å². The van der Waals surface area contributed by atoms with Gasteiger partial charge in [0.25, 0.3) is 0 Å². The lowest BCUT2D eigenvalue weighted by Crippen LogP contribution is -2.10. The standard InChI is InChI=1S/C64H34N2O5S2/c1-3-11-59-43(7-1)63-49(9-5-13-61(63)72-59)65(37-17-21-51-35(27-37)23-25-67-51)39-15-19-41-45-31-57-47(33-55(45)69-53(41)29-39)48-34-56-46(32-58(48)71-57)42-20-16-40(30-54(42)70-56)66(38-18-22-52-36(28-38)24-26-68-52)50-10-6-14-62-64(50)44-8-2-4-12-60(44)73-62/h1-34H. The van der Waals surface area contributed by atoms with Crippen LogP contribution in [0.3, 0.4) is 0 Å². The van der Waals surface area contributed by atoms with Crippen molar-refractivity contribution in [1.29, 1.82) is 0 Å². The van der Waals surface area contributed by atoms with E-state index < -0.39 is 0 Å². The van der Waals surface area contributed by atoms with Gasteiger partial charge in [-0.05, 0) is 133 Å². The number of benzene rings is 10. The Kier molecular flexibility index (Phi) is 7.91. The van der Waals surface area contributed by atoms with Gasteiger partial charge in [0, 0.05) is 118 Å². The highest BCUT2D eigenvalue weighted by Gasteiger charge is 2.24. The Hall–Kier alpha value is -9.28. The van der Waals surface area contributed by atoms with E-state index in [1.165, 1.54) is 40.3 Å². The molecule has 0 N–H and O–H groups in total. The second-order valence-electron chi connectivity index (χ2n) is 18.8. The van der Waals surface area contributed by atoms with Crippen LogP contribution < -0.4 is 9.80 Å². The highest BCUT2D eigenvalue weighted by atomic mass is 32.1. The van der Waals surface area contributed by atoms with Gasteiger partial charge >= 0.3 is 0 Å². The van der Waals surface area contributed by atoms with E-state index in [-0.39, 0.29) is 0 Å². The highest BCUT2D eigenvalue weighted by Crippen LogP contribution is 2.49. The van der Waals surface area contributed by atoms with Crippen LogP contribution in [0.1, 0.15) is 0 Å². The predicted molar refractivity (Wildman–Crippen MR) is 303 cm³/mol. The summed E-state index contributed by atoms with van der Waals surface area (Å²) in [6.07, 6.45) is 3.49. The number of hydrogen-bond acceptors (Lipinski definition) is 9. The van der Waals surface area contributed by atoms with Crippen molar-refractivity contribution < 1.29 is 22.1 Å². The minimum absolute atomic E-state index is 0.788. The third-order valence-electron chi connectivity index (χ3n) is 14.8. The molecule has 0 amide bonds. The zero-order chi connectivity index (χ0) is 47.5. The zero-order valence-electron chi connectivity index (χ0n) is 38.4. The van der Waals surface area contributed by atoms with Gasteiger partial charge in [-0.15, -0.1) is 22.7 Å². The van der Waals surface area contributed by atoms with Crippen LogP contribution in [0.5, 0.6) is 0 Å². The molecule has 7 aromatic heterocycles. The first-order chi connectivity index (χ1) is 36.1. The van der Waals surface area contributed by atoms with E-state index in [1.807, 2.05) is 46.9 Å². The molecule has 17 rings (SSSR count). The van der Waals surface area contributed by atoms with E-state index in [9.17, 15) is 0 Å². The van der Waals surface area contributed by atoms with Crippen molar-refractivity contribution in [3.05, 3.63) is 207 Å². The Morgan fingerprint density at radius 1 is 0.274 bits per heavy atom. The van der Waals surface area contributed by atoms with Crippen LogP contribution in [0.2, 0.25) is 0 Å². The smallest absolute Gasteiger partial charge is 0.137 e. The van der Waals surface area contributed by atoms with Gasteiger partial charge in [-0.25, -0.2) is 0 Å². The van der Waals surface area contributed by atoms with Crippen molar-refractivity contribution in [2.75, 3.05) is 9.80 Å². The summed E-state index contributed by atoms with van der Waals surface area (Å²) < 4.78 is 37.0. The maximum atomic E-state index is 6.84. The van der Waals surface area contributed by atoms with Gasteiger partial charge in [-0.2, -0.15) is 0 Å². The van der Waals surface area contributed by atoms with Crippen molar-refractivity contribution in [3.63, 3.8) is 0 Å². The van der Waals surface area contributed by atoms with Crippen molar-refractivity contribution in [2.24, 2.45) is 0 Å². The van der Waals surface area contributed by atoms with Gasteiger partial charge < -0.3 is 31.9 Å². The number of hydrogen-bond donors (Lipinski definition) is 0. The van der Waals surface area contributed by atoms with Crippen molar-refractivity contribution >= 4 is 185 Å². The van der Waals surface area contributed by atoms with E-state index >= 15 is 0 Å². The average Bonchev–Trinajstić information content (AvgIpc) is 4.30. The number of furan rings is 5. The van der Waals surface area contributed by atoms with Gasteiger partial charge in [0.2, 0.25) is 0 Å². The third-order valence-corrected chi connectivity index (χ3v) is 17.0. The van der Waals surface area contributed by atoms with Crippen LogP contribution in [0.15, 0.2) is 229 Å². The first-order valence-electron chi connectivity index (χ1n) is 24.2. The molecule has 7 heterocycles. The van der Waals surface area contributed by atoms with Gasteiger partial charge in [-0.1, -0.05) is 48.5 Å². The lowest BCUT2D eigenvalue weighted by Gasteiger charge is -2.26. The minimum Gasteiger partial charge on any atom is -0.464 e. The molecule has 0 aliphatic heterocycles. The van der Waals surface area contributed by atoms with Gasteiger partial charge in [0.05, 0.1) is 23.9 Å². The number of rotatable bonds is 6. The van der Waals surface area contributed by atoms with Gasteiger partial charge in [0.1, 0.15) is 44.7 Å². The number of nitrogens with zero attached hydrogens (tertiary/aromatic N) is 2. The average molecular weight is 975 g/mol. The quantitative estimate of drug-likeness (QED) is 0.164. The van der Waals surface area contributed by atoms with E-state index in [2.05, 4.69) is 180 Å². The molecule has 0 aliphatic rings. The summed E-state index contributed by atoms with van der Waals surface area (Å²) in [4.78, 5) is 4.68. The summed E-state index contributed by atoms with van der Waals surface area (Å²) in [6.45, 7) is 0. The lowest BCUT2D eigenvalue weighted by atomic mass is 10.1. The molecule has 7 nitrogen and oxygen atoms in total. The van der Waals surface area contributed by atoms with Crippen LogP contribution in [0, 0.1) is 0 Å². The molecule has 0 saturated heterocycles. The Labute approximate surface area is 421 Å². The van der Waals surface area contributed by atoms with Crippen LogP contribution in [-0.4, -0.2) is 0 Å². The number of thiophene rings is 2. The Bertz CT molecular complexity index is 4830. The number of anilines is 6. The summed E-state index contributed by atoms with van der Waals surface area (Å²) in [5.74, 6) is 0. The Morgan fingerprint density at radius 2 is 0.658 bits per heavy atom. The first-order valence-corrected chi connectivity index (χ1v) is 25.8. The fourth-order valence-corrected chi connectivity index (χ4v) is 13.7. The predicted octanol–water partition coefficient (Wildman–Crippen LogP) is 20.6. The molecule has 0 fully saturated rings. The molecule has 0 aliphatic carbocycles. The van der Waals surface area contributed by atoms with Crippen molar-refractivity contribution in [1.82, 2.24) is 0 Å². The van der Waals surface area contributed by atoms with Crippen LogP contribution >= 0.6 is 22.7 Å². The second kappa shape index (κ2) is 14.6. The molecule has 10 aromatic carbocycles. The SMILES string of the molecule is c1ccc2c(c1)sc1cccc(N(c3ccc4occc4c3)c3ccc4c(c3)oc3cc5c(cc34)oc3cc4c(cc35)oc3cc(N(c5ccc6occc6c5)c5cccc6sc7ccccc7c56)ccc34)c12. The highest BCUT2D eigenvalue weighted by molar-refractivity contribution is 7.26. The van der Waals surface area contributed by atoms with E-state index in [4.69, 9.17) is 22.1 Å². The Balaban J connectivity index is 0.797. The summed E-state index contributed by atoms with van der Waals surface area (Å²) in [7, 11) is 0. The second-order valence-corrected chi connectivity index (χ2v) is 21.0. The van der Waals surface area contributed by atoms with Crippen LogP contribution in [0.4, 0.5) is 34.1 Å². The van der Waals surface area contributed by atoms with Crippen LogP contribution in [0.25, 0.3) is 128 Å². The molecule has 0 unspecified atom stereocenters. The fraction of sp³-hybridized carbons (Fsp3) is 0. The topological polar surface area (TPSA) is 72.2 Å². The fourth-order valence-electron chi connectivity index (χ4n) is 11.5. The molecular formula is C64H34N2O5S2. The number of fused-ring (bicyclic) bond motifs is 17.